The zero-order valence-electron chi connectivity index (χ0n) is 32.3. The third kappa shape index (κ3) is 6.79. The molecule has 4 fully saturated rings. The summed E-state index contributed by atoms with van der Waals surface area (Å²) in [7, 11) is 2.60. The van der Waals surface area contributed by atoms with Crippen molar-refractivity contribution in [3.05, 3.63) is 72.6 Å². The van der Waals surface area contributed by atoms with Crippen molar-refractivity contribution >= 4 is 24.0 Å². The number of aromatic nitrogens is 4. The number of aromatic amines is 2. The summed E-state index contributed by atoms with van der Waals surface area (Å²) in [4.78, 5) is 72.0. The molecule has 4 heterocycles. The number of piperidine rings is 2. The minimum atomic E-state index is -0.648. The highest BCUT2D eigenvalue weighted by Crippen LogP contribution is 2.51. The number of benzene rings is 2. The Kier molecular flexibility index (Phi) is 10.3. The SMILES string of the molecule is CC[C@H](NC(=O)OC)C(=O)N1[C@@H]2CC[C@@H](C2)[C@H]1c1nc(-c2ccc(-c3ccc(-c4c[nH]c([C@@H]5[C@H]6CC[C@H](C6)N5C(=O)[C@H](CC)NC(=O)OC)n4)cc3)cc2)c[nH]1. The third-order valence-electron chi connectivity index (χ3n) is 12.5. The Balaban J connectivity index is 0.945. The average Bonchev–Trinajstić information content (AvgIpc) is 4.10. The zero-order chi connectivity index (χ0) is 39.1. The molecular formula is C42H50N8O6. The van der Waals surface area contributed by atoms with Crippen LogP contribution in [0.4, 0.5) is 9.59 Å². The number of hydrogen-bond donors (Lipinski definition) is 4. The first-order chi connectivity index (χ1) is 27.2. The number of alkyl carbamates (subject to hydrolysis) is 2. The Hall–Kier alpha value is -5.66. The number of H-pyrrole nitrogens is 2. The molecule has 2 aliphatic heterocycles. The lowest BCUT2D eigenvalue weighted by Gasteiger charge is -2.36. The van der Waals surface area contributed by atoms with Crippen LogP contribution < -0.4 is 10.6 Å². The molecule has 2 saturated heterocycles. The number of rotatable bonds is 11. The van der Waals surface area contributed by atoms with Gasteiger partial charge in [0.1, 0.15) is 23.7 Å². The van der Waals surface area contributed by atoms with E-state index < -0.39 is 24.3 Å². The van der Waals surface area contributed by atoms with Crippen molar-refractivity contribution in [3.63, 3.8) is 0 Å². The number of carbonyl (C=O) groups is 4. The number of nitrogens with one attached hydrogen (secondary N) is 4. The molecule has 2 aliphatic carbocycles. The maximum atomic E-state index is 13.7. The average molecular weight is 763 g/mol. The molecule has 2 aromatic carbocycles. The first kappa shape index (κ1) is 37.3. The highest BCUT2D eigenvalue weighted by atomic mass is 16.5. The van der Waals surface area contributed by atoms with Crippen LogP contribution in [-0.2, 0) is 19.1 Å². The maximum absolute atomic E-state index is 13.7. The van der Waals surface area contributed by atoms with Crippen LogP contribution in [0.25, 0.3) is 33.6 Å². The molecule has 294 valence electrons. The van der Waals surface area contributed by atoms with Gasteiger partial charge in [-0.25, -0.2) is 19.6 Å². The van der Waals surface area contributed by atoms with Crippen molar-refractivity contribution in [1.82, 2.24) is 40.4 Å². The Morgan fingerprint density at radius 3 is 1.38 bits per heavy atom. The van der Waals surface area contributed by atoms with Gasteiger partial charge >= 0.3 is 12.2 Å². The van der Waals surface area contributed by atoms with Gasteiger partial charge in [0.05, 0.1) is 37.7 Å². The van der Waals surface area contributed by atoms with Crippen molar-refractivity contribution in [2.75, 3.05) is 14.2 Å². The lowest BCUT2D eigenvalue weighted by Crippen LogP contribution is -2.51. The van der Waals surface area contributed by atoms with Crippen molar-refractivity contribution in [2.45, 2.75) is 101 Å². The van der Waals surface area contributed by atoms with Gasteiger partial charge in [-0.1, -0.05) is 62.4 Å². The zero-order valence-corrected chi connectivity index (χ0v) is 32.3. The Morgan fingerprint density at radius 1 is 0.643 bits per heavy atom. The van der Waals surface area contributed by atoms with Crippen molar-refractivity contribution in [1.29, 1.82) is 0 Å². The number of carbonyl (C=O) groups excluding carboxylic acids is 4. The van der Waals surface area contributed by atoms with Crippen LogP contribution in [-0.4, -0.2) is 92.1 Å². The van der Waals surface area contributed by atoms with Gasteiger partial charge in [-0.15, -0.1) is 0 Å². The molecule has 2 saturated carbocycles. The van der Waals surface area contributed by atoms with Crippen LogP contribution >= 0.6 is 0 Å². The lowest BCUT2D eigenvalue weighted by atomic mass is 9.97. The van der Waals surface area contributed by atoms with Crippen LogP contribution in [0.15, 0.2) is 60.9 Å². The summed E-state index contributed by atoms with van der Waals surface area (Å²) in [5.41, 5.74) is 5.69. The fourth-order valence-electron chi connectivity index (χ4n) is 9.69. The maximum Gasteiger partial charge on any atom is 0.407 e. The van der Waals surface area contributed by atoms with Crippen molar-refractivity contribution < 1.29 is 28.7 Å². The van der Waals surface area contributed by atoms with Crippen molar-refractivity contribution in [2.24, 2.45) is 11.8 Å². The van der Waals surface area contributed by atoms with Gasteiger partial charge in [-0.05, 0) is 74.3 Å². The summed E-state index contributed by atoms with van der Waals surface area (Å²) in [6.45, 7) is 3.77. The molecule has 4 aliphatic rings. The number of amides is 4. The monoisotopic (exact) mass is 762 g/mol. The highest BCUT2D eigenvalue weighted by molar-refractivity contribution is 5.87. The predicted octanol–water partition coefficient (Wildman–Crippen LogP) is 6.51. The Labute approximate surface area is 326 Å². The van der Waals surface area contributed by atoms with Crippen LogP contribution in [0, 0.1) is 11.8 Å². The van der Waals surface area contributed by atoms with E-state index in [2.05, 4.69) is 69.1 Å². The molecule has 8 rings (SSSR count). The highest BCUT2D eigenvalue weighted by Gasteiger charge is 2.52. The van der Waals surface area contributed by atoms with Crippen molar-refractivity contribution in [3.8, 4) is 33.6 Å². The molecule has 4 amide bonds. The van der Waals surface area contributed by atoms with Crippen LogP contribution in [0.2, 0.25) is 0 Å². The normalized spacial score (nSPS) is 24.6. The molecule has 0 spiro atoms. The van der Waals surface area contributed by atoms with Gasteiger partial charge in [0.25, 0.3) is 0 Å². The summed E-state index contributed by atoms with van der Waals surface area (Å²) in [5, 5.41) is 5.41. The molecule has 14 heteroatoms. The Morgan fingerprint density at radius 2 is 1.02 bits per heavy atom. The van der Waals surface area contributed by atoms with Crippen LogP contribution in [0.3, 0.4) is 0 Å². The first-order valence-electron chi connectivity index (χ1n) is 19.9. The van der Waals surface area contributed by atoms with Gasteiger partial charge < -0.3 is 39.9 Å². The van der Waals surface area contributed by atoms with E-state index in [1.54, 1.807) is 0 Å². The van der Waals surface area contributed by atoms with E-state index in [0.29, 0.717) is 24.7 Å². The number of likely N-dealkylation sites (tertiary alicyclic amines) is 2. The lowest BCUT2D eigenvalue weighted by molar-refractivity contribution is -0.139. The number of ether oxygens (including phenoxy) is 2. The quantitative estimate of drug-likeness (QED) is 0.134. The second-order valence-corrected chi connectivity index (χ2v) is 15.5. The second-order valence-electron chi connectivity index (χ2n) is 15.5. The van der Waals surface area contributed by atoms with E-state index in [1.807, 2.05) is 36.0 Å². The minimum absolute atomic E-state index is 0.0909. The smallest absolute Gasteiger partial charge is 0.407 e. The van der Waals surface area contributed by atoms with Gasteiger partial charge in [-0.2, -0.15) is 0 Å². The molecule has 56 heavy (non-hydrogen) atoms. The van der Waals surface area contributed by atoms with E-state index in [0.717, 1.165) is 83.8 Å². The number of methoxy groups -OCH3 is 2. The van der Waals surface area contributed by atoms with Gasteiger partial charge in [0.15, 0.2) is 0 Å². The summed E-state index contributed by atoms with van der Waals surface area (Å²) < 4.78 is 9.54. The molecule has 4 N–H and O–H groups in total. The van der Waals surface area contributed by atoms with Gasteiger partial charge in [-0.3, -0.25) is 9.59 Å². The predicted molar refractivity (Wildman–Crippen MR) is 208 cm³/mol. The van der Waals surface area contributed by atoms with E-state index in [1.165, 1.54) is 14.2 Å². The fraction of sp³-hybridized carbons (Fsp3) is 0.476. The van der Waals surface area contributed by atoms with Crippen LogP contribution in [0.5, 0.6) is 0 Å². The van der Waals surface area contributed by atoms with E-state index >= 15 is 0 Å². The minimum Gasteiger partial charge on any atom is -0.453 e. The topological polar surface area (TPSA) is 175 Å². The molecule has 8 atom stereocenters. The van der Waals surface area contributed by atoms with E-state index in [9.17, 15) is 19.2 Å². The number of imidazole rings is 2. The second kappa shape index (κ2) is 15.5. The molecule has 4 aromatic rings. The number of nitrogens with zero attached hydrogens (tertiary/aromatic N) is 4. The molecule has 4 bridgehead atoms. The summed E-state index contributed by atoms with van der Waals surface area (Å²) in [5.74, 6) is 2.01. The third-order valence-corrected chi connectivity index (χ3v) is 12.5. The molecule has 0 unspecified atom stereocenters. The summed E-state index contributed by atoms with van der Waals surface area (Å²) >= 11 is 0. The number of hydrogen-bond acceptors (Lipinski definition) is 8. The standard InChI is InChI=1S/C42H50N8O6/c1-5-31(47-41(53)55-3)39(51)49-29-17-15-27(19-29)35(49)37-43-21-33(45-37)25-11-7-23(8-12-25)24-9-13-26(14-10-24)34-22-44-38(46-34)36-28-16-18-30(20-28)50(36)40(52)32(6-2)48-42(54)56-4/h7-14,21-22,27-32,35-36H,5-6,15-20H2,1-4H3,(H,43,45)(H,44,46)(H,47,53)(H,48,54)/t27-,28-,29+,30+,31-,32-,35-,36-/m0/s1. The number of fused-ring (bicyclic) bond motifs is 4. The molecule has 2 aromatic heterocycles. The first-order valence-corrected chi connectivity index (χ1v) is 19.9. The van der Waals surface area contributed by atoms with Crippen LogP contribution in [0.1, 0.15) is 88.9 Å². The molecule has 0 radical (unpaired) electrons. The Bertz CT molecular complexity index is 1930. The van der Waals surface area contributed by atoms with Gasteiger partial charge in [0.2, 0.25) is 11.8 Å². The summed E-state index contributed by atoms with van der Waals surface area (Å²) in [6.07, 6.45) is 9.43. The largest absolute Gasteiger partial charge is 0.453 e. The fourth-order valence-corrected chi connectivity index (χ4v) is 9.69. The van der Waals surface area contributed by atoms with Gasteiger partial charge in [0, 0.05) is 35.6 Å². The van der Waals surface area contributed by atoms with E-state index in [4.69, 9.17) is 19.4 Å². The summed E-state index contributed by atoms with van der Waals surface area (Å²) in [6, 6.07) is 15.2. The van der Waals surface area contributed by atoms with E-state index in [-0.39, 0.29) is 36.0 Å². The molecule has 14 nitrogen and oxygen atoms in total. The molecular weight excluding hydrogens is 713 g/mol.